The molecule has 1 saturated carbocycles. The molecule has 2 nitrogen and oxygen atoms in total. The maximum Gasteiger partial charge on any atom is 0.0626 e. The van der Waals surface area contributed by atoms with Crippen LogP contribution in [0.3, 0.4) is 0 Å². The molecule has 1 unspecified atom stereocenters. The van der Waals surface area contributed by atoms with Crippen LogP contribution in [0.5, 0.6) is 0 Å². The molecule has 0 bridgehead atoms. The van der Waals surface area contributed by atoms with Gasteiger partial charge < -0.3 is 10.4 Å². The monoisotopic (exact) mass is 215 g/mol. The average Bonchev–Trinajstić information content (AvgIpc) is 2.92. The van der Waals surface area contributed by atoms with Crippen LogP contribution in [0.4, 0.5) is 0 Å². The van der Waals surface area contributed by atoms with Crippen molar-refractivity contribution in [2.45, 2.75) is 44.7 Å². The predicted octanol–water partition coefficient (Wildman–Crippen LogP) is 1.63. The van der Waals surface area contributed by atoms with Crippen molar-refractivity contribution in [2.75, 3.05) is 18.1 Å². The summed E-state index contributed by atoms with van der Waals surface area (Å²) in [5, 5.41) is 13.4. The molecule has 14 heavy (non-hydrogen) atoms. The molecule has 3 heteroatoms. The first-order valence-corrected chi connectivity index (χ1v) is 6.71. The van der Waals surface area contributed by atoms with Gasteiger partial charge in [-0.3, -0.25) is 0 Å². The Morgan fingerprint density at radius 2 is 2.14 bits per heavy atom. The minimum absolute atomic E-state index is 0.0307. The molecule has 1 aliphatic heterocycles. The van der Waals surface area contributed by atoms with Crippen LogP contribution in [0.25, 0.3) is 0 Å². The molecule has 2 N–H and O–H groups in total. The zero-order valence-electron chi connectivity index (χ0n) is 9.18. The van der Waals surface area contributed by atoms with E-state index < -0.39 is 0 Å². The zero-order chi connectivity index (χ0) is 10.2. The molecule has 0 aromatic carbocycles. The summed E-state index contributed by atoms with van der Waals surface area (Å²) in [6.07, 6.45) is 3.79. The van der Waals surface area contributed by atoms with Gasteiger partial charge in [0.2, 0.25) is 0 Å². The minimum atomic E-state index is -0.0307. The SMILES string of the molecule is CC1(C)CCSCC1(CO)NC1CC1. The van der Waals surface area contributed by atoms with E-state index in [1.165, 1.54) is 25.0 Å². The molecule has 1 atom stereocenters. The molecule has 2 rings (SSSR count). The molecular formula is C11H21NOS. The van der Waals surface area contributed by atoms with E-state index in [0.29, 0.717) is 6.04 Å². The van der Waals surface area contributed by atoms with Gasteiger partial charge in [0.05, 0.1) is 12.1 Å². The van der Waals surface area contributed by atoms with E-state index in [0.717, 1.165) is 5.75 Å². The molecular weight excluding hydrogens is 194 g/mol. The molecule has 2 aliphatic rings. The van der Waals surface area contributed by atoms with E-state index >= 15 is 0 Å². The lowest BCUT2D eigenvalue weighted by Crippen LogP contribution is -2.63. The van der Waals surface area contributed by atoms with Crippen molar-refractivity contribution in [1.29, 1.82) is 0 Å². The fourth-order valence-corrected chi connectivity index (χ4v) is 3.88. The van der Waals surface area contributed by atoms with Crippen molar-refractivity contribution < 1.29 is 5.11 Å². The van der Waals surface area contributed by atoms with Gasteiger partial charge >= 0.3 is 0 Å². The highest BCUT2D eigenvalue weighted by Gasteiger charge is 2.48. The van der Waals surface area contributed by atoms with E-state index in [1.807, 2.05) is 11.8 Å². The molecule has 0 radical (unpaired) electrons. The largest absolute Gasteiger partial charge is 0.394 e. The van der Waals surface area contributed by atoms with Crippen molar-refractivity contribution in [1.82, 2.24) is 5.32 Å². The molecule has 1 aliphatic carbocycles. The van der Waals surface area contributed by atoms with Crippen molar-refractivity contribution >= 4 is 11.8 Å². The Bertz CT molecular complexity index is 215. The van der Waals surface area contributed by atoms with Gasteiger partial charge in [0, 0.05) is 11.8 Å². The highest BCUT2D eigenvalue weighted by Crippen LogP contribution is 2.43. The van der Waals surface area contributed by atoms with Gasteiger partial charge in [0.25, 0.3) is 0 Å². The van der Waals surface area contributed by atoms with Gasteiger partial charge in [-0.25, -0.2) is 0 Å². The maximum absolute atomic E-state index is 9.68. The Labute approximate surface area is 90.8 Å². The summed E-state index contributed by atoms with van der Waals surface area (Å²) in [6.45, 7) is 4.86. The lowest BCUT2D eigenvalue weighted by molar-refractivity contribution is 0.0587. The summed E-state index contributed by atoms with van der Waals surface area (Å²) < 4.78 is 0. The highest BCUT2D eigenvalue weighted by molar-refractivity contribution is 7.99. The number of rotatable bonds is 3. The average molecular weight is 215 g/mol. The van der Waals surface area contributed by atoms with E-state index in [1.54, 1.807) is 0 Å². The molecule has 0 aromatic heterocycles. The lowest BCUT2D eigenvalue weighted by atomic mass is 9.71. The second-order valence-corrected chi connectivity index (χ2v) is 6.45. The fourth-order valence-electron chi connectivity index (χ4n) is 2.17. The Morgan fingerprint density at radius 1 is 1.43 bits per heavy atom. The molecule has 0 amide bonds. The van der Waals surface area contributed by atoms with Crippen molar-refractivity contribution in [3.05, 3.63) is 0 Å². The molecule has 0 spiro atoms. The van der Waals surface area contributed by atoms with Gasteiger partial charge in [-0.1, -0.05) is 13.8 Å². The standard InChI is InChI=1S/C11H21NOS/c1-10(2)5-6-14-8-11(10,7-13)12-9-3-4-9/h9,12-13H,3-8H2,1-2H3. The smallest absolute Gasteiger partial charge is 0.0626 e. The number of aliphatic hydroxyl groups excluding tert-OH is 1. The normalized spacial score (nSPS) is 37.1. The van der Waals surface area contributed by atoms with Crippen molar-refractivity contribution in [3.8, 4) is 0 Å². The first-order valence-electron chi connectivity index (χ1n) is 5.56. The van der Waals surface area contributed by atoms with Gasteiger partial charge in [0.15, 0.2) is 0 Å². The minimum Gasteiger partial charge on any atom is -0.394 e. The van der Waals surface area contributed by atoms with Gasteiger partial charge in [-0.15, -0.1) is 0 Å². The van der Waals surface area contributed by atoms with Crippen LogP contribution in [0, 0.1) is 5.41 Å². The Kier molecular flexibility index (Phi) is 2.84. The van der Waals surface area contributed by atoms with Gasteiger partial charge in [-0.05, 0) is 30.4 Å². The van der Waals surface area contributed by atoms with Crippen LogP contribution in [-0.2, 0) is 0 Å². The van der Waals surface area contributed by atoms with Crippen molar-refractivity contribution in [2.24, 2.45) is 5.41 Å². The van der Waals surface area contributed by atoms with Crippen LogP contribution in [-0.4, -0.2) is 34.8 Å². The summed E-state index contributed by atoms with van der Waals surface area (Å²) in [6, 6.07) is 0.681. The third-order valence-electron chi connectivity index (χ3n) is 3.84. The summed E-state index contributed by atoms with van der Waals surface area (Å²) in [7, 11) is 0. The second kappa shape index (κ2) is 3.69. The van der Waals surface area contributed by atoms with Crippen LogP contribution in [0.2, 0.25) is 0 Å². The van der Waals surface area contributed by atoms with Crippen LogP contribution >= 0.6 is 11.8 Å². The van der Waals surface area contributed by atoms with Gasteiger partial charge in [-0.2, -0.15) is 11.8 Å². The number of hydrogen-bond donors (Lipinski definition) is 2. The highest BCUT2D eigenvalue weighted by atomic mass is 32.2. The number of hydrogen-bond acceptors (Lipinski definition) is 3. The molecule has 2 fully saturated rings. The van der Waals surface area contributed by atoms with Crippen LogP contribution in [0.1, 0.15) is 33.1 Å². The summed E-state index contributed by atoms with van der Waals surface area (Å²) in [5.74, 6) is 2.30. The third kappa shape index (κ3) is 1.82. The topological polar surface area (TPSA) is 32.3 Å². The summed E-state index contributed by atoms with van der Waals surface area (Å²) in [5.41, 5.74) is 0.201. The van der Waals surface area contributed by atoms with Crippen molar-refractivity contribution in [3.63, 3.8) is 0 Å². The molecule has 0 aromatic rings. The van der Waals surface area contributed by atoms with E-state index in [9.17, 15) is 5.11 Å². The van der Waals surface area contributed by atoms with Gasteiger partial charge in [0.1, 0.15) is 0 Å². The van der Waals surface area contributed by atoms with E-state index in [-0.39, 0.29) is 17.6 Å². The summed E-state index contributed by atoms with van der Waals surface area (Å²) >= 11 is 1.98. The Morgan fingerprint density at radius 3 is 2.64 bits per heavy atom. The maximum atomic E-state index is 9.68. The van der Waals surface area contributed by atoms with Crippen LogP contribution in [0.15, 0.2) is 0 Å². The first-order chi connectivity index (χ1) is 6.60. The lowest BCUT2D eigenvalue weighted by Gasteiger charge is -2.49. The third-order valence-corrected chi connectivity index (χ3v) is 5.03. The fraction of sp³-hybridized carbons (Fsp3) is 1.00. The quantitative estimate of drug-likeness (QED) is 0.750. The number of aliphatic hydroxyl groups is 1. The zero-order valence-corrected chi connectivity index (χ0v) is 9.99. The second-order valence-electron chi connectivity index (χ2n) is 5.35. The molecule has 82 valence electrons. The molecule has 1 saturated heterocycles. The number of thioether (sulfide) groups is 1. The first kappa shape index (κ1) is 10.8. The Balaban J connectivity index is 2.12. The molecule has 1 heterocycles. The summed E-state index contributed by atoms with van der Waals surface area (Å²) in [4.78, 5) is 0. The van der Waals surface area contributed by atoms with E-state index in [4.69, 9.17) is 0 Å². The predicted molar refractivity (Wildman–Crippen MR) is 61.7 cm³/mol. The van der Waals surface area contributed by atoms with E-state index in [2.05, 4.69) is 19.2 Å². The van der Waals surface area contributed by atoms with Crippen LogP contribution < -0.4 is 5.32 Å². The number of nitrogens with one attached hydrogen (secondary N) is 1. The Hall–Kier alpha value is 0.270.